The van der Waals surface area contributed by atoms with Crippen molar-refractivity contribution in [3.05, 3.63) is 40.7 Å². The molecule has 0 spiro atoms. The fourth-order valence-corrected chi connectivity index (χ4v) is 3.37. The second-order valence-electron chi connectivity index (χ2n) is 6.49. The highest BCUT2D eigenvalue weighted by Gasteiger charge is 2.23. The van der Waals surface area contributed by atoms with Crippen LogP contribution in [-0.2, 0) is 16.1 Å². The molecule has 3 rings (SSSR count). The molecule has 132 valence electrons. The first kappa shape index (κ1) is 17.1. The van der Waals surface area contributed by atoms with Crippen LogP contribution in [0.25, 0.3) is 10.9 Å². The van der Waals surface area contributed by atoms with Gasteiger partial charge in [-0.1, -0.05) is 12.1 Å². The molecule has 25 heavy (non-hydrogen) atoms. The Hall–Kier alpha value is -2.70. The van der Waals surface area contributed by atoms with Crippen molar-refractivity contribution < 1.29 is 9.59 Å². The molecule has 1 aliphatic heterocycles. The smallest absolute Gasteiger partial charge is 0.224 e. The molecule has 2 aromatic rings. The maximum Gasteiger partial charge on any atom is 0.224 e. The number of fused-ring (bicyclic) bond motifs is 1. The Morgan fingerprint density at radius 2 is 1.92 bits per heavy atom. The van der Waals surface area contributed by atoms with Gasteiger partial charge >= 0.3 is 0 Å². The van der Waals surface area contributed by atoms with Crippen LogP contribution >= 0.6 is 0 Å². The second kappa shape index (κ2) is 7.46. The third-order valence-corrected chi connectivity index (χ3v) is 4.76. The van der Waals surface area contributed by atoms with Gasteiger partial charge in [0.25, 0.3) is 0 Å². The summed E-state index contributed by atoms with van der Waals surface area (Å²) in [5, 5.41) is 4.76. The van der Waals surface area contributed by atoms with E-state index in [9.17, 15) is 14.4 Å². The van der Waals surface area contributed by atoms with E-state index in [2.05, 4.69) is 5.10 Å². The molecule has 7 nitrogen and oxygen atoms in total. The van der Waals surface area contributed by atoms with Crippen LogP contribution < -0.4 is 11.2 Å². The minimum atomic E-state index is -0.277. The predicted octanol–water partition coefficient (Wildman–Crippen LogP) is 0.901. The summed E-state index contributed by atoms with van der Waals surface area (Å²) < 4.78 is 1.70. The molecule has 0 bridgehead atoms. The number of hydrogen-bond donors (Lipinski definition) is 1. The van der Waals surface area contributed by atoms with E-state index >= 15 is 0 Å². The number of aryl methyl sites for hydroxylation is 1. The summed E-state index contributed by atoms with van der Waals surface area (Å²) in [7, 11) is 0. The SMILES string of the molecule is NC(=O)CC1CCN(C(=O)CCn2ncc(=O)c3ccccc32)CC1. The van der Waals surface area contributed by atoms with Crippen molar-refractivity contribution >= 4 is 22.7 Å². The standard InChI is InChI=1S/C18H22N4O3/c19-17(24)11-13-5-8-21(9-6-13)18(25)7-10-22-15-4-2-1-3-14(15)16(23)12-20-22/h1-4,12-13H,5-11H2,(H2,19,24). The molecule has 0 radical (unpaired) electrons. The topological polar surface area (TPSA) is 98.3 Å². The van der Waals surface area contributed by atoms with Crippen LogP contribution in [0.1, 0.15) is 25.7 Å². The largest absolute Gasteiger partial charge is 0.370 e. The lowest BCUT2D eigenvalue weighted by atomic mass is 9.93. The number of para-hydroxylation sites is 1. The highest BCUT2D eigenvalue weighted by atomic mass is 16.2. The molecule has 0 saturated carbocycles. The fourth-order valence-electron chi connectivity index (χ4n) is 3.37. The van der Waals surface area contributed by atoms with Gasteiger partial charge in [-0.05, 0) is 30.9 Å². The van der Waals surface area contributed by atoms with Crippen molar-refractivity contribution in [3.8, 4) is 0 Å². The van der Waals surface area contributed by atoms with E-state index in [0.717, 1.165) is 18.4 Å². The van der Waals surface area contributed by atoms with E-state index < -0.39 is 0 Å². The third-order valence-electron chi connectivity index (χ3n) is 4.76. The second-order valence-corrected chi connectivity index (χ2v) is 6.49. The Labute approximate surface area is 145 Å². The summed E-state index contributed by atoms with van der Waals surface area (Å²) in [6, 6.07) is 7.27. The number of benzene rings is 1. The zero-order valence-corrected chi connectivity index (χ0v) is 14.1. The van der Waals surface area contributed by atoms with Crippen molar-refractivity contribution in [2.75, 3.05) is 13.1 Å². The number of nitrogens with two attached hydrogens (primary N) is 1. The van der Waals surface area contributed by atoms with E-state index in [-0.39, 0.29) is 23.2 Å². The lowest BCUT2D eigenvalue weighted by Crippen LogP contribution is -2.39. The van der Waals surface area contributed by atoms with Crippen molar-refractivity contribution in [3.63, 3.8) is 0 Å². The molecule has 1 aromatic heterocycles. The molecule has 7 heteroatoms. The van der Waals surface area contributed by atoms with Crippen LogP contribution in [0.5, 0.6) is 0 Å². The van der Waals surface area contributed by atoms with Gasteiger partial charge in [-0.25, -0.2) is 0 Å². The minimum Gasteiger partial charge on any atom is -0.370 e. The van der Waals surface area contributed by atoms with Crippen LogP contribution in [-0.4, -0.2) is 39.6 Å². The van der Waals surface area contributed by atoms with Crippen LogP contribution in [0.3, 0.4) is 0 Å². The molecule has 2 N–H and O–H groups in total. The molecule has 2 amide bonds. The molecule has 1 aliphatic rings. The summed E-state index contributed by atoms with van der Waals surface area (Å²) in [4.78, 5) is 37.1. The highest BCUT2D eigenvalue weighted by Crippen LogP contribution is 2.20. The number of rotatable bonds is 5. The summed E-state index contributed by atoms with van der Waals surface area (Å²) in [6.45, 7) is 1.76. The number of carbonyl (C=O) groups excluding carboxylic acids is 2. The zero-order valence-electron chi connectivity index (χ0n) is 14.1. The molecule has 0 atom stereocenters. The maximum absolute atomic E-state index is 12.4. The predicted molar refractivity (Wildman–Crippen MR) is 93.7 cm³/mol. The molecular formula is C18H22N4O3. The zero-order chi connectivity index (χ0) is 17.8. The molecule has 1 aromatic carbocycles. The molecule has 1 fully saturated rings. The van der Waals surface area contributed by atoms with Gasteiger partial charge in [-0.3, -0.25) is 19.1 Å². The Morgan fingerprint density at radius 3 is 2.64 bits per heavy atom. The maximum atomic E-state index is 12.4. The average Bonchev–Trinajstić information content (AvgIpc) is 2.61. The van der Waals surface area contributed by atoms with Gasteiger partial charge in [-0.15, -0.1) is 0 Å². The first-order valence-corrected chi connectivity index (χ1v) is 8.55. The van der Waals surface area contributed by atoms with Crippen LogP contribution in [0.2, 0.25) is 0 Å². The monoisotopic (exact) mass is 342 g/mol. The number of aromatic nitrogens is 2. The summed E-state index contributed by atoms with van der Waals surface area (Å²) in [6.07, 6.45) is 3.65. The number of carbonyl (C=O) groups is 2. The Kier molecular flexibility index (Phi) is 5.11. The lowest BCUT2D eigenvalue weighted by molar-refractivity contribution is -0.133. The van der Waals surface area contributed by atoms with E-state index in [0.29, 0.717) is 37.9 Å². The van der Waals surface area contributed by atoms with E-state index in [1.165, 1.54) is 6.20 Å². The summed E-state index contributed by atoms with van der Waals surface area (Å²) in [5.41, 5.74) is 5.86. The summed E-state index contributed by atoms with van der Waals surface area (Å²) in [5.74, 6) is 0.0780. The fraction of sp³-hybridized carbons (Fsp3) is 0.444. The molecule has 2 heterocycles. The Balaban J connectivity index is 1.59. The molecular weight excluding hydrogens is 320 g/mol. The lowest BCUT2D eigenvalue weighted by Gasteiger charge is -2.31. The van der Waals surface area contributed by atoms with E-state index in [4.69, 9.17) is 5.73 Å². The van der Waals surface area contributed by atoms with Gasteiger partial charge in [0.15, 0.2) is 0 Å². The van der Waals surface area contributed by atoms with Gasteiger partial charge in [0.1, 0.15) is 0 Å². The Morgan fingerprint density at radius 1 is 1.20 bits per heavy atom. The van der Waals surface area contributed by atoms with Crippen LogP contribution in [0.15, 0.2) is 35.3 Å². The molecule has 1 saturated heterocycles. The van der Waals surface area contributed by atoms with Crippen molar-refractivity contribution in [1.29, 1.82) is 0 Å². The van der Waals surface area contributed by atoms with Crippen molar-refractivity contribution in [2.24, 2.45) is 11.7 Å². The van der Waals surface area contributed by atoms with Crippen LogP contribution in [0, 0.1) is 5.92 Å². The first-order valence-electron chi connectivity index (χ1n) is 8.55. The van der Waals surface area contributed by atoms with E-state index in [1.807, 2.05) is 23.1 Å². The van der Waals surface area contributed by atoms with Gasteiger partial charge in [0, 0.05) is 31.3 Å². The van der Waals surface area contributed by atoms with Crippen molar-refractivity contribution in [1.82, 2.24) is 14.7 Å². The summed E-state index contributed by atoms with van der Waals surface area (Å²) >= 11 is 0. The number of amides is 2. The van der Waals surface area contributed by atoms with Gasteiger partial charge in [-0.2, -0.15) is 5.10 Å². The van der Waals surface area contributed by atoms with E-state index in [1.54, 1.807) is 10.7 Å². The minimum absolute atomic E-state index is 0.0714. The van der Waals surface area contributed by atoms with Gasteiger partial charge in [0.2, 0.25) is 17.2 Å². The number of hydrogen-bond acceptors (Lipinski definition) is 4. The number of nitrogens with zero attached hydrogens (tertiary/aromatic N) is 3. The molecule has 0 unspecified atom stereocenters. The number of piperidine rings is 1. The third kappa shape index (κ3) is 4.04. The Bertz CT molecular complexity index is 838. The average molecular weight is 342 g/mol. The normalized spacial score (nSPS) is 15.4. The molecule has 0 aliphatic carbocycles. The van der Waals surface area contributed by atoms with Gasteiger partial charge in [0.05, 0.1) is 18.3 Å². The first-order chi connectivity index (χ1) is 12.0. The number of likely N-dealkylation sites (tertiary alicyclic amines) is 1. The number of primary amides is 1. The highest BCUT2D eigenvalue weighted by molar-refractivity contribution is 5.79. The van der Waals surface area contributed by atoms with Crippen molar-refractivity contribution in [2.45, 2.75) is 32.2 Å². The van der Waals surface area contributed by atoms with Gasteiger partial charge < -0.3 is 10.6 Å². The van der Waals surface area contributed by atoms with Crippen LogP contribution in [0.4, 0.5) is 0 Å². The quantitative estimate of drug-likeness (QED) is 0.873.